The Bertz CT molecular complexity index is 581. The van der Waals surface area contributed by atoms with E-state index in [-0.39, 0.29) is 0 Å². The first-order chi connectivity index (χ1) is 9.43. The van der Waals surface area contributed by atoms with Gasteiger partial charge < -0.3 is 16.2 Å². The van der Waals surface area contributed by atoms with E-state index in [1.807, 2.05) is 37.4 Å². The Morgan fingerprint density at radius 1 is 1.35 bits per heavy atom. The number of nitrogens with one attached hydrogen (secondary N) is 1. The maximum absolute atomic E-state index is 9.00. The monoisotopic (exact) mass is 293 g/mol. The van der Waals surface area contributed by atoms with Gasteiger partial charge in [-0.2, -0.15) is 0 Å². The van der Waals surface area contributed by atoms with Gasteiger partial charge in [0, 0.05) is 24.6 Å². The highest BCUT2D eigenvalue weighted by molar-refractivity contribution is 6.30. The second-order valence-electron chi connectivity index (χ2n) is 3.93. The summed E-state index contributed by atoms with van der Waals surface area (Å²) in [7, 11) is 1.83. The minimum absolute atomic E-state index is 0.639. The first-order valence-corrected chi connectivity index (χ1v) is 6.20. The zero-order chi connectivity index (χ0) is 15.1. The molecule has 1 heterocycles. The van der Waals surface area contributed by atoms with Crippen LogP contribution in [0.25, 0.3) is 11.3 Å². The van der Waals surface area contributed by atoms with Gasteiger partial charge in [0.2, 0.25) is 0 Å². The minimum Gasteiger partial charge on any atom is -0.481 e. The van der Waals surface area contributed by atoms with Gasteiger partial charge in [-0.3, -0.25) is 9.78 Å². The van der Waals surface area contributed by atoms with Crippen LogP contribution in [0.3, 0.4) is 0 Å². The third kappa shape index (κ3) is 4.78. The van der Waals surface area contributed by atoms with Crippen molar-refractivity contribution in [3.63, 3.8) is 0 Å². The van der Waals surface area contributed by atoms with E-state index in [1.165, 1.54) is 0 Å². The Kier molecular flexibility index (Phi) is 5.80. The molecule has 0 aliphatic heterocycles. The quantitative estimate of drug-likeness (QED) is 0.792. The van der Waals surface area contributed by atoms with Gasteiger partial charge in [-0.1, -0.05) is 23.7 Å². The lowest BCUT2D eigenvalue weighted by molar-refractivity contribution is -0.134. The van der Waals surface area contributed by atoms with Crippen LogP contribution in [0.5, 0.6) is 0 Å². The largest absolute Gasteiger partial charge is 0.481 e. The molecule has 0 amide bonds. The van der Waals surface area contributed by atoms with E-state index >= 15 is 0 Å². The van der Waals surface area contributed by atoms with Crippen LogP contribution < -0.4 is 11.1 Å². The van der Waals surface area contributed by atoms with E-state index in [9.17, 15) is 0 Å². The van der Waals surface area contributed by atoms with Crippen molar-refractivity contribution in [2.24, 2.45) is 0 Å². The standard InChI is InChI=1S/C12H12ClN3.C2H4O2/c1-15-12-6-11(16-7-10(12)14)8-2-4-9(13)5-3-8;1-2(3)4/h2-7H,14H2,1H3,(H,15,16);1H3,(H,3,4). The number of hydrogen-bond acceptors (Lipinski definition) is 4. The van der Waals surface area contributed by atoms with Crippen molar-refractivity contribution in [1.82, 2.24) is 4.98 Å². The predicted molar refractivity (Wildman–Crippen MR) is 82.0 cm³/mol. The summed E-state index contributed by atoms with van der Waals surface area (Å²) in [4.78, 5) is 13.3. The van der Waals surface area contributed by atoms with E-state index in [2.05, 4.69) is 10.3 Å². The van der Waals surface area contributed by atoms with Gasteiger partial charge in [0.25, 0.3) is 5.97 Å². The van der Waals surface area contributed by atoms with Gasteiger partial charge in [0.1, 0.15) is 0 Å². The molecule has 0 bridgehead atoms. The molecule has 4 N–H and O–H groups in total. The lowest BCUT2D eigenvalue weighted by Crippen LogP contribution is -1.97. The number of pyridine rings is 1. The Morgan fingerprint density at radius 3 is 2.40 bits per heavy atom. The summed E-state index contributed by atoms with van der Waals surface area (Å²) in [5.41, 5.74) is 9.16. The van der Waals surface area contributed by atoms with Crippen LogP contribution >= 0.6 is 11.6 Å². The summed E-state index contributed by atoms with van der Waals surface area (Å²) in [5, 5.41) is 11.2. The number of rotatable bonds is 2. The molecule has 2 rings (SSSR count). The number of hydrogen-bond donors (Lipinski definition) is 3. The molecule has 20 heavy (non-hydrogen) atoms. The van der Waals surface area contributed by atoms with Gasteiger partial charge in [-0.05, 0) is 18.2 Å². The molecule has 0 radical (unpaired) electrons. The molecule has 5 nitrogen and oxygen atoms in total. The van der Waals surface area contributed by atoms with Gasteiger partial charge in [-0.15, -0.1) is 0 Å². The molecular formula is C14H16ClN3O2. The van der Waals surface area contributed by atoms with Crippen molar-refractivity contribution in [2.75, 3.05) is 18.1 Å². The van der Waals surface area contributed by atoms with Gasteiger partial charge >= 0.3 is 0 Å². The molecule has 0 spiro atoms. The summed E-state index contributed by atoms with van der Waals surface area (Å²) in [6, 6.07) is 9.46. The SMILES string of the molecule is CC(=O)O.CNc1cc(-c2ccc(Cl)cc2)ncc1N. The third-order valence-corrected chi connectivity index (χ3v) is 2.60. The molecule has 0 aliphatic rings. The van der Waals surface area contributed by atoms with Gasteiger partial charge in [-0.25, -0.2) is 0 Å². The molecule has 0 unspecified atom stereocenters. The Balaban J connectivity index is 0.000000444. The van der Waals surface area contributed by atoms with E-state index in [0.717, 1.165) is 23.9 Å². The number of carboxylic acid groups (broad SMARTS) is 1. The molecule has 2 aromatic rings. The number of nitrogens with two attached hydrogens (primary N) is 1. The van der Waals surface area contributed by atoms with Gasteiger partial charge in [0.15, 0.2) is 0 Å². The highest BCUT2D eigenvalue weighted by Crippen LogP contribution is 2.25. The predicted octanol–water partition coefficient (Wildman–Crippen LogP) is 3.12. The van der Waals surface area contributed by atoms with Crippen LogP contribution in [0.2, 0.25) is 5.02 Å². The smallest absolute Gasteiger partial charge is 0.300 e. The minimum atomic E-state index is -0.833. The number of aliphatic carboxylic acids is 1. The van der Waals surface area contributed by atoms with Gasteiger partial charge in [0.05, 0.1) is 23.3 Å². The summed E-state index contributed by atoms with van der Waals surface area (Å²) in [6.45, 7) is 1.08. The van der Waals surface area contributed by atoms with Crippen LogP contribution in [0.1, 0.15) is 6.92 Å². The molecule has 1 aromatic carbocycles. The van der Waals surface area contributed by atoms with Crippen molar-refractivity contribution >= 4 is 28.9 Å². The topological polar surface area (TPSA) is 88.2 Å². The highest BCUT2D eigenvalue weighted by atomic mass is 35.5. The van der Waals surface area contributed by atoms with Crippen LogP contribution in [0.4, 0.5) is 11.4 Å². The fourth-order valence-electron chi connectivity index (χ4n) is 1.46. The number of carbonyl (C=O) groups is 1. The third-order valence-electron chi connectivity index (χ3n) is 2.34. The second kappa shape index (κ2) is 7.35. The number of anilines is 2. The summed E-state index contributed by atoms with van der Waals surface area (Å²) >= 11 is 5.83. The van der Waals surface area contributed by atoms with Crippen LogP contribution in [-0.2, 0) is 4.79 Å². The normalized spacial score (nSPS) is 9.35. The number of carboxylic acids is 1. The Hall–Kier alpha value is -2.27. The highest BCUT2D eigenvalue weighted by Gasteiger charge is 2.03. The number of nitrogens with zero attached hydrogens (tertiary/aromatic N) is 1. The van der Waals surface area contributed by atoms with Crippen molar-refractivity contribution in [2.45, 2.75) is 6.92 Å². The fraction of sp³-hybridized carbons (Fsp3) is 0.143. The van der Waals surface area contributed by atoms with Crippen molar-refractivity contribution < 1.29 is 9.90 Å². The Morgan fingerprint density at radius 2 is 1.90 bits per heavy atom. The molecule has 0 saturated carbocycles. The van der Waals surface area contributed by atoms with E-state index in [4.69, 9.17) is 27.2 Å². The molecule has 6 heteroatoms. The van der Waals surface area contributed by atoms with E-state index in [1.54, 1.807) is 6.20 Å². The van der Waals surface area contributed by atoms with Crippen LogP contribution in [0, 0.1) is 0 Å². The fourth-order valence-corrected chi connectivity index (χ4v) is 1.59. The molecule has 0 aliphatic carbocycles. The summed E-state index contributed by atoms with van der Waals surface area (Å²) in [5.74, 6) is -0.833. The number of aromatic nitrogens is 1. The average Bonchev–Trinajstić information content (AvgIpc) is 2.40. The maximum Gasteiger partial charge on any atom is 0.300 e. The lowest BCUT2D eigenvalue weighted by Gasteiger charge is -2.07. The molecule has 106 valence electrons. The van der Waals surface area contributed by atoms with Crippen molar-refractivity contribution in [3.05, 3.63) is 41.6 Å². The number of halogens is 1. The molecule has 1 aromatic heterocycles. The molecule has 0 atom stereocenters. The number of nitrogen functional groups attached to an aromatic ring is 1. The Labute approximate surface area is 122 Å². The van der Waals surface area contributed by atoms with Crippen LogP contribution in [-0.4, -0.2) is 23.1 Å². The van der Waals surface area contributed by atoms with E-state index < -0.39 is 5.97 Å². The van der Waals surface area contributed by atoms with E-state index in [0.29, 0.717) is 10.7 Å². The zero-order valence-electron chi connectivity index (χ0n) is 11.2. The van der Waals surface area contributed by atoms with Crippen molar-refractivity contribution in [1.29, 1.82) is 0 Å². The van der Waals surface area contributed by atoms with Crippen molar-refractivity contribution in [3.8, 4) is 11.3 Å². The molecular weight excluding hydrogens is 278 g/mol. The zero-order valence-corrected chi connectivity index (χ0v) is 12.0. The maximum atomic E-state index is 9.00. The first kappa shape index (κ1) is 15.8. The molecule has 0 saturated heterocycles. The van der Waals surface area contributed by atoms with Crippen LogP contribution in [0.15, 0.2) is 36.5 Å². The summed E-state index contributed by atoms with van der Waals surface area (Å²) in [6.07, 6.45) is 1.65. The summed E-state index contributed by atoms with van der Waals surface area (Å²) < 4.78 is 0. The average molecular weight is 294 g/mol. The lowest BCUT2D eigenvalue weighted by atomic mass is 10.1. The second-order valence-corrected chi connectivity index (χ2v) is 4.37. The molecule has 0 fully saturated rings. The number of benzene rings is 1. The first-order valence-electron chi connectivity index (χ1n) is 5.82.